The lowest BCUT2D eigenvalue weighted by molar-refractivity contribution is 0.0695. The predicted octanol–water partition coefficient (Wildman–Crippen LogP) is 3.36. The molecular weight excluding hydrogens is 313 g/mol. The van der Waals surface area contributed by atoms with Gasteiger partial charge in [0.15, 0.2) is 5.76 Å². The largest absolute Gasteiger partial charge is 0.478 e. The molecule has 0 aliphatic heterocycles. The van der Waals surface area contributed by atoms with Crippen LogP contribution in [0.25, 0.3) is 0 Å². The Morgan fingerprint density at radius 2 is 1.88 bits per heavy atom. The minimum absolute atomic E-state index is 0.0281. The van der Waals surface area contributed by atoms with Gasteiger partial charge in [-0.25, -0.2) is 9.18 Å². The zero-order valence-electron chi connectivity index (χ0n) is 13.0. The molecule has 0 atom stereocenters. The maximum Gasteiger partial charge on any atom is 0.338 e. The van der Waals surface area contributed by atoms with E-state index in [1.807, 2.05) is 0 Å². The maximum absolute atomic E-state index is 13.2. The molecule has 1 aliphatic carbocycles. The first-order valence-electron chi connectivity index (χ1n) is 7.86. The fourth-order valence-corrected chi connectivity index (χ4v) is 3.33. The van der Waals surface area contributed by atoms with Crippen LogP contribution in [0.3, 0.4) is 0 Å². The highest BCUT2D eigenvalue weighted by Crippen LogP contribution is 2.40. The van der Waals surface area contributed by atoms with Crippen LogP contribution >= 0.6 is 0 Å². The first kappa shape index (κ1) is 16.2. The SMILES string of the molecule is O=C(O)c1coc(C(=O)NCC2(c3ccc(F)cc3)CCCC2)c1. The van der Waals surface area contributed by atoms with Crippen molar-refractivity contribution in [2.75, 3.05) is 6.54 Å². The van der Waals surface area contributed by atoms with Crippen molar-refractivity contribution in [1.29, 1.82) is 0 Å². The van der Waals surface area contributed by atoms with E-state index in [9.17, 15) is 14.0 Å². The molecule has 0 unspecified atom stereocenters. The van der Waals surface area contributed by atoms with E-state index in [-0.39, 0.29) is 22.6 Å². The highest BCUT2D eigenvalue weighted by atomic mass is 19.1. The summed E-state index contributed by atoms with van der Waals surface area (Å²) in [7, 11) is 0. The second-order valence-electron chi connectivity index (χ2n) is 6.18. The number of carboxylic acids is 1. The molecule has 1 aliphatic rings. The fourth-order valence-electron chi connectivity index (χ4n) is 3.33. The third kappa shape index (κ3) is 3.18. The van der Waals surface area contributed by atoms with Crippen molar-refractivity contribution in [3.05, 3.63) is 59.3 Å². The minimum Gasteiger partial charge on any atom is -0.478 e. The van der Waals surface area contributed by atoms with E-state index in [2.05, 4.69) is 5.32 Å². The van der Waals surface area contributed by atoms with Gasteiger partial charge in [0.2, 0.25) is 0 Å². The van der Waals surface area contributed by atoms with E-state index < -0.39 is 11.9 Å². The van der Waals surface area contributed by atoms with E-state index in [0.717, 1.165) is 37.5 Å². The van der Waals surface area contributed by atoms with Crippen LogP contribution in [0.4, 0.5) is 4.39 Å². The maximum atomic E-state index is 13.2. The Bertz CT molecular complexity index is 745. The summed E-state index contributed by atoms with van der Waals surface area (Å²) in [6.45, 7) is 0.403. The molecule has 1 aromatic carbocycles. The van der Waals surface area contributed by atoms with Gasteiger partial charge >= 0.3 is 5.97 Å². The Morgan fingerprint density at radius 3 is 2.46 bits per heavy atom. The van der Waals surface area contributed by atoms with E-state index in [1.165, 1.54) is 18.2 Å². The molecule has 0 saturated heterocycles. The van der Waals surface area contributed by atoms with Gasteiger partial charge in [0, 0.05) is 18.0 Å². The lowest BCUT2D eigenvalue weighted by Gasteiger charge is -2.29. The van der Waals surface area contributed by atoms with Gasteiger partial charge < -0.3 is 14.8 Å². The molecule has 0 bridgehead atoms. The molecule has 6 heteroatoms. The summed E-state index contributed by atoms with van der Waals surface area (Å²) in [4.78, 5) is 23.1. The van der Waals surface area contributed by atoms with Gasteiger partial charge in [-0.15, -0.1) is 0 Å². The van der Waals surface area contributed by atoms with Crippen LogP contribution < -0.4 is 5.32 Å². The summed E-state index contributed by atoms with van der Waals surface area (Å²) < 4.78 is 18.2. The van der Waals surface area contributed by atoms with Gasteiger partial charge in [0.1, 0.15) is 12.1 Å². The van der Waals surface area contributed by atoms with Crippen LogP contribution in [0.15, 0.2) is 41.0 Å². The molecule has 1 amide bonds. The number of benzene rings is 1. The van der Waals surface area contributed by atoms with Crippen molar-refractivity contribution in [2.45, 2.75) is 31.1 Å². The van der Waals surface area contributed by atoms with Gasteiger partial charge in [-0.1, -0.05) is 25.0 Å². The average molecular weight is 331 g/mol. The van der Waals surface area contributed by atoms with Gasteiger partial charge in [-0.3, -0.25) is 4.79 Å². The third-order valence-electron chi connectivity index (χ3n) is 4.67. The smallest absolute Gasteiger partial charge is 0.338 e. The Hall–Kier alpha value is -2.63. The molecule has 1 saturated carbocycles. The molecule has 3 rings (SSSR count). The predicted molar refractivity (Wildman–Crippen MR) is 84.5 cm³/mol. The molecule has 0 radical (unpaired) electrons. The molecule has 5 nitrogen and oxygen atoms in total. The summed E-state index contributed by atoms with van der Waals surface area (Å²) in [5, 5.41) is 11.7. The van der Waals surface area contributed by atoms with E-state index in [4.69, 9.17) is 9.52 Å². The minimum atomic E-state index is -1.14. The second-order valence-corrected chi connectivity index (χ2v) is 6.18. The van der Waals surface area contributed by atoms with Crippen LogP contribution in [0.2, 0.25) is 0 Å². The fraction of sp³-hybridized carbons (Fsp3) is 0.333. The zero-order valence-corrected chi connectivity index (χ0v) is 13.0. The number of carboxylic acid groups (broad SMARTS) is 1. The molecule has 24 heavy (non-hydrogen) atoms. The first-order valence-corrected chi connectivity index (χ1v) is 7.86. The van der Waals surface area contributed by atoms with Gasteiger partial charge in [-0.2, -0.15) is 0 Å². The molecule has 0 spiro atoms. The van der Waals surface area contributed by atoms with Crippen molar-refractivity contribution in [3.8, 4) is 0 Å². The number of halogens is 1. The van der Waals surface area contributed by atoms with Crippen molar-refractivity contribution in [3.63, 3.8) is 0 Å². The summed E-state index contributed by atoms with van der Waals surface area (Å²) in [5.41, 5.74) is 0.729. The number of carbonyl (C=O) groups is 2. The monoisotopic (exact) mass is 331 g/mol. The summed E-state index contributed by atoms with van der Waals surface area (Å²) in [5.74, 6) is -1.90. The number of hydrogen-bond acceptors (Lipinski definition) is 3. The van der Waals surface area contributed by atoms with Crippen molar-refractivity contribution < 1.29 is 23.5 Å². The molecule has 1 heterocycles. The molecule has 126 valence electrons. The van der Waals surface area contributed by atoms with E-state index in [1.54, 1.807) is 12.1 Å². The van der Waals surface area contributed by atoms with Crippen LogP contribution in [-0.2, 0) is 5.41 Å². The normalized spacial score (nSPS) is 16.0. The number of amides is 1. The van der Waals surface area contributed by atoms with Crippen molar-refractivity contribution in [1.82, 2.24) is 5.32 Å². The summed E-state index contributed by atoms with van der Waals surface area (Å²) in [6, 6.07) is 7.60. The molecule has 2 N–H and O–H groups in total. The number of aromatic carboxylic acids is 1. The molecular formula is C18H18FNO4. The second kappa shape index (κ2) is 6.47. The van der Waals surface area contributed by atoms with Crippen LogP contribution in [-0.4, -0.2) is 23.5 Å². The van der Waals surface area contributed by atoms with E-state index >= 15 is 0 Å². The van der Waals surface area contributed by atoms with Crippen molar-refractivity contribution in [2.24, 2.45) is 0 Å². The molecule has 1 fully saturated rings. The lowest BCUT2D eigenvalue weighted by atomic mass is 9.79. The van der Waals surface area contributed by atoms with Gasteiger partial charge in [0.25, 0.3) is 5.91 Å². The zero-order chi connectivity index (χ0) is 17.2. The summed E-state index contributed by atoms with van der Waals surface area (Å²) >= 11 is 0. The number of furan rings is 1. The topological polar surface area (TPSA) is 79.5 Å². The van der Waals surface area contributed by atoms with Crippen LogP contribution in [0, 0.1) is 5.82 Å². The number of nitrogens with one attached hydrogen (secondary N) is 1. The quantitative estimate of drug-likeness (QED) is 0.880. The summed E-state index contributed by atoms with van der Waals surface area (Å²) in [6.07, 6.45) is 4.98. The Labute approximate surface area is 138 Å². The Morgan fingerprint density at radius 1 is 1.21 bits per heavy atom. The van der Waals surface area contributed by atoms with Gasteiger partial charge in [0.05, 0.1) is 5.56 Å². The molecule has 1 aromatic heterocycles. The lowest BCUT2D eigenvalue weighted by Crippen LogP contribution is -2.39. The van der Waals surface area contributed by atoms with Gasteiger partial charge in [-0.05, 0) is 30.5 Å². The van der Waals surface area contributed by atoms with E-state index in [0.29, 0.717) is 6.54 Å². The Balaban J connectivity index is 1.73. The highest BCUT2D eigenvalue weighted by molar-refractivity contribution is 5.95. The highest BCUT2D eigenvalue weighted by Gasteiger charge is 2.36. The van der Waals surface area contributed by atoms with Crippen LogP contribution in [0.1, 0.15) is 52.2 Å². The molecule has 2 aromatic rings. The van der Waals surface area contributed by atoms with Crippen molar-refractivity contribution >= 4 is 11.9 Å². The van der Waals surface area contributed by atoms with Crippen LogP contribution in [0.5, 0.6) is 0 Å². The Kier molecular flexibility index (Phi) is 4.38. The standard InChI is InChI=1S/C18H18FNO4/c19-14-5-3-13(4-6-14)18(7-1-2-8-18)11-20-16(21)15-9-12(10-24-15)17(22)23/h3-6,9-10H,1-2,7-8,11H2,(H,20,21)(H,22,23). The number of rotatable bonds is 5. The number of hydrogen-bond donors (Lipinski definition) is 2. The number of carbonyl (C=O) groups excluding carboxylic acids is 1. The average Bonchev–Trinajstić information content (AvgIpc) is 3.23. The third-order valence-corrected chi connectivity index (χ3v) is 4.67. The first-order chi connectivity index (χ1) is 11.5.